The molecule has 0 spiro atoms. The van der Waals surface area contributed by atoms with Crippen LogP contribution in [0.15, 0.2) is 0 Å². The molecular formula is C21H36O3. The predicted molar refractivity (Wildman–Crippen MR) is 94.4 cm³/mol. The highest BCUT2D eigenvalue weighted by Crippen LogP contribution is 2.68. The lowest BCUT2D eigenvalue weighted by atomic mass is 9.44. The summed E-state index contributed by atoms with van der Waals surface area (Å²) in [6.07, 6.45) is 8.99. The average Bonchev–Trinajstić information content (AvgIpc) is 2.81. The normalized spacial score (nSPS) is 58.5. The number of hydrogen-bond acceptors (Lipinski definition) is 3. The van der Waals surface area contributed by atoms with Crippen molar-refractivity contribution in [1.82, 2.24) is 0 Å². The Balaban J connectivity index is 1.63. The number of rotatable bonds is 1. The molecule has 3 heteroatoms. The van der Waals surface area contributed by atoms with Crippen LogP contribution in [0.3, 0.4) is 0 Å². The molecule has 138 valence electrons. The summed E-state index contributed by atoms with van der Waals surface area (Å²) in [5.74, 6) is 2.69. The summed E-state index contributed by atoms with van der Waals surface area (Å²) < 4.78 is 0. The van der Waals surface area contributed by atoms with Gasteiger partial charge in [0, 0.05) is 5.41 Å². The zero-order chi connectivity index (χ0) is 17.3. The van der Waals surface area contributed by atoms with Crippen LogP contribution in [0.1, 0.15) is 78.6 Å². The first kappa shape index (κ1) is 17.3. The molecule has 3 N–H and O–H groups in total. The lowest BCUT2D eigenvalue weighted by Crippen LogP contribution is -2.59. The smallest absolute Gasteiger partial charge is 0.0958 e. The van der Waals surface area contributed by atoms with Crippen LogP contribution in [0, 0.1) is 34.5 Å². The van der Waals surface area contributed by atoms with Gasteiger partial charge in [-0.2, -0.15) is 0 Å². The summed E-state index contributed by atoms with van der Waals surface area (Å²) in [7, 11) is 0. The van der Waals surface area contributed by atoms with Crippen LogP contribution in [0.25, 0.3) is 0 Å². The monoisotopic (exact) mass is 336 g/mol. The maximum atomic E-state index is 11.3. The first-order valence-corrected chi connectivity index (χ1v) is 10.3. The zero-order valence-electron chi connectivity index (χ0n) is 15.7. The van der Waals surface area contributed by atoms with Gasteiger partial charge in [0.25, 0.3) is 0 Å². The Labute approximate surface area is 146 Å². The molecule has 4 aliphatic rings. The largest absolute Gasteiger partial charge is 0.393 e. The van der Waals surface area contributed by atoms with E-state index in [0.717, 1.165) is 38.0 Å². The van der Waals surface area contributed by atoms with Crippen molar-refractivity contribution < 1.29 is 15.3 Å². The summed E-state index contributed by atoms with van der Waals surface area (Å²) in [6.45, 7) is 6.53. The van der Waals surface area contributed by atoms with Crippen molar-refractivity contribution in [3.05, 3.63) is 0 Å². The van der Waals surface area contributed by atoms with E-state index in [1.54, 1.807) is 6.92 Å². The molecule has 0 bridgehead atoms. The van der Waals surface area contributed by atoms with E-state index < -0.39 is 11.7 Å². The minimum absolute atomic E-state index is 0.0831. The summed E-state index contributed by atoms with van der Waals surface area (Å²) in [4.78, 5) is 0. The van der Waals surface area contributed by atoms with Gasteiger partial charge in [0.2, 0.25) is 0 Å². The number of aliphatic hydroxyl groups excluding tert-OH is 2. The van der Waals surface area contributed by atoms with Crippen LogP contribution < -0.4 is 0 Å². The zero-order valence-corrected chi connectivity index (χ0v) is 15.7. The van der Waals surface area contributed by atoms with Crippen LogP contribution in [0.2, 0.25) is 0 Å². The minimum atomic E-state index is -0.900. The van der Waals surface area contributed by atoms with Crippen LogP contribution in [0.5, 0.6) is 0 Å². The third-order valence-electron chi connectivity index (χ3n) is 9.54. The van der Waals surface area contributed by atoms with Gasteiger partial charge in [-0.25, -0.2) is 0 Å². The Morgan fingerprint density at radius 1 is 0.917 bits per heavy atom. The molecule has 4 fully saturated rings. The number of aliphatic hydroxyl groups is 3. The molecule has 0 radical (unpaired) electrons. The van der Waals surface area contributed by atoms with Gasteiger partial charge < -0.3 is 15.3 Å². The second kappa shape index (κ2) is 5.44. The van der Waals surface area contributed by atoms with Gasteiger partial charge in [-0.3, -0.25) is 0 Å². The summed E-state index contributed by atoms with van der Waals surface area (Å²) >= 11 is 0. The topological polar surface area (TPSA) is 60.7 Å². The SMILES string of the molecule is CC(O)[C@]1(O)CCC2C3CCC4CC(O)CCC4(C)C3CCC21C. The highest BCUT2D eigenvalue weighted by Gasteiger charge is 2.65. The standard InChI is InChI=1S/C21H36O3/c1-13(22)21(24)11-8-18-16-5-4-14-12-15(23)6-9-19(14,2)17(16)7-10-20(18,21)3/h13-18,22-24H,4-12H2,1-3H3/t13?,14?,15?,16?,17?,18?,19?,20?,21-/m1/s1. The highest BCUT2D eigenvalue weighted by atomic mass is 16.3. The van der Waals surface area contributed by atoms with E-state index in [9.17, 15) is 15.3 Å². The van der Waals surface area contributed by atoms with Crippen LogP contribution in [-0.4, -0.2) is 33.1 Å². The molecule has 0 saturated heterocycles. The molecule has 0 aromatic rings. The maximum Gasteiger partial charge on any atom is 0.0958 e. The van der Waals surface area contributed by atoms with E-state index in [2.05, 4.69) is 13.8 Å². The van der Waals surface area contributed by atoms with E-state index >= 15 is 0 Å². The van der Waals surface area contributed by atoms with E-state index in [1.165, 1.54) is 25.7 Å². The fraction of sp³-hybridized carbons (Fsp3) is 1.00. The second-order valence-corrected chi connectivity index (χ2v) is 10.2. The van der Waals surface area contributed by atoms with Gasteiger partial charge in [0.1, 0.15) is 0 Å². The molecule has 9 atom stereocenters. The average molecular weight is 337 g/mol. The number of fused-ring (bicyclic) bond motifs is 5. The van der Waals surface area contributed by atoms with Crippen molar-refractivity contribution >= 4 is 0 Å². The van der Waals surface area contributed by atoms with Crippen molar-refractivity contribution in [2.24, 2.45) is 34.5 Å². The van der Waals surface area contributed by atoms with Crippen LogP contribution in [-0.2, 0) is 0 Å². The van der Waals surface area contributed by atoms with Crippen LogP contribution >= 0.6 is 0 Å². The molecule has 4 rings (SSSR count). The van der Waals surface area contributed by atoms with E-state index in [4.69, 9.17) is 0 Å². The molecule has 4 saturated carbocycles. The summed E-state index contributed by atoms with van der Waals surface area (Å²) in [6, 6.07) is 0. The van der Waals surface area contributed by atoms with Gasteiger partial charge in [-0.1, -0.05) is 13.8 Å². The summed E-state index contributed by atoms with van der Waals surface area (Å²) in [5, 5.41) is 31.7. The molecular weight excluding hydrogens is 300 g/mol. The first-order valence-electron chi connectivity index (χ1n) is 10.3. The third kappa shape index (κ3) is 2.07. The van der Waals surface area contributed by atoms with E-state index in [1.807, 2.05) is 0 Å². The van der Waals surface area contributed by atoms with Crippen molar-refractivity contribution in [2.45, 2.75) is 96.4 Å². The quantitative estimate of drug-likeness (QED) is 0.687. The highest BCUT2D eigenvalue weighted by molar-refractivity contribution is 5.15. The Hall–Kier alpha value is -0.120. The molecule has 24 heavy (non-hydrogen) atoms. The Morgan fingerprint density at radius 2 is 1.62 bits per heavy atom. The van der Waals surface area contributed by atoms with E-state index in [-0.39, 0.29) is 11.5 Å². The molecule has 0 aromatic carbocycles. The molecule has 8 unspecified atom stereocenters. The fourth-order valence-corrected chi connectivity index (χ4v) is 7.97. The van der Waals surface area contributed by atoms with Gasteiger partial charge in [0.15, 0.2) is 0 Å². The number of hydrogen-bond donors (Lipinski definition) is 3. The molecule has 3 nitrogen and oxygen atoms in total. The minimum Gasteiger partial charge on any atom is -0.393 e. The Morgan fingerprint density at radius 3 is 2.33 bits per heavy atom. The lowest BCUT2D eigenvalue weighted by Gasteiger charge is -2.61. The fourth-order valence-electron chi connectivity index (χ4n) is 7.97. The lowest BCUT2D eigenvalue weighted by molar-refractivity contribution is -0.186. The van der Waals surface area contributed by atoms with Crippen molar-refractivity contribution in [2.75, 3.05) is 0 Å². The van der Waals surface area contributed by atoms with Gasteiger partial charge in [-0.15, -0.1) is 0 Å². The Bertz CT molecular complexity index is 505. The van der Waals surface area contributed by atoms with Crippen molar-refractivity contribution in [3.63, 3.8) is 0 Å². The second-order valence-electron chi connectivity index (χ2n) is 10.2. The third-order valence-corrected chi connectivity index (χ3v) is 9.54. The predicted octanol–water partition coefficient (Wildman–Crippen LogP) is 3.50. The molecule has 4 aliphatic carbocycles. The van der Waals surface area contributed by atoms with E-state index in [0.29, 0.717) is 23.2 Å². The maximum absolute atomic E-state index is 11.3. The van der Waals surface area contributed by atoms with Gasteiger partial charge in [0.05, 0.1) is 17.8 Å². The first-order chi connectivity index (χ1) is 11.2. The molecule has 0 aromatic heterocycles. The van der Waals surface area contributed by atoms with Crippen LogP contribution in [0.4, 0.5) is 0 Å². The van der Waals surface area contributed by atoms with Gasteiger partial charge in [-0.05, 0) is 93.8 Å². The molecule has 0 heterocycles. The molecule has 0 amide bonds. The van der Waals surface area contributed by atoms with Crippen molar-refractivity contribution in [1.29, 1.82) is 0 Å². The molecule has 0 aliphatic heterocycles. The summed E-state index contributed by atoms with van der Waals surface area (Å²) in [5.41, 5.74) is -0.641. The van der Waals surface area contributed by atoms with Gasteiger partial charge >= 0.3 is 0 Å². The Kier molecular flexibility index (Phi) is 3.92. The van der Waals surface area contributed by atoms with Crippen molar-refractivity contribution in [3.8, 4) is 0 Å².